The van der Waals surface area contributed by atoms with Gasteiger partial charge in [-0.05, 0) is 72.1 Å². The molecule has 17 nitrogen and oxygen atoms in total. The van der Waals surface area contributed by atoms with Crippen LogP contribution in [0.5, 0.6) is 17.2 Å². The summed E-state index contributed by atoms with van der Waals surface area (Å²) in [7, 11) is -6.31. The lowest BCUT2D eigenvalue weighted by atomic mass is 10.1. The van der Waals surface area contributed by atoms with E-state index >= 15 is 0 Å². The van der Waals surface area contributed by atoms with Crippen molar-refractivity contribution in [1.29, 1.82) is 0 Å². The summed E-state index contributed by atoms with van der Waals surface area (Å²) in [5.41, 5.74) is 0.915. The van der Waals surface area contributed by atoms with Crippen LogP contribution in [-0.2, 0) is 24.9 Å². The number of carbonyl (C=O) groups is 2. The summed E-state index contributed by atoms with van der Waals surface area (Å²) >= 11 is 0. The molecule has 268 valence electrons. The van der Waals surface area contributed by atoms with Gasteiger partial charge in [-0.25, -0.2) is 17.9 Å². The van der Waals surface area contributed by atoms with Crippen molar-refractivity contribution >= 4 is 76.9 Å². The predicted molar refractivity (Wildman–Crippen MR) is 187 cm³/mol. The second-order valence-electron chi connectivity index (χ2n) is 10.7. The molecule has 0 radical (unpaired) electrons. The normalized spacial score (nSPS) is 11.9. The van der Waals surface area contributed by atoms with Gasteiger partial charge in [-0.15, -0.1) is 15.3 Å². The largest absolute Gasteiger partial charge is 0.505 e. The van der Waals surface area contributed by atoms with Gasteiger partial charge >= 0.3 is 5.97 Å². The van der Waals surface area contributed by atoms with Crippen LogP contribution < -0.4 is 19.5 Å². The SMILES string of the molecule is COc1cc(N=Nc2c(S(=O)(=O)O)cc3ccc(Nc4ccc(C(=O)O)cc4)cc3c2O)c(OC)cc1N=Nc1ccc(S(=O)(=O)NC(C)=O)cc1. The first-order chi connectivity index (χ1) is 24.6. The monoisotopic (exact) mass is 748 g/mol. The van der Waals surface area contributed by atoms with E-state index in [0.717, 1.165) is 13.0 Å². The van der Waals surface area contributed by atoms with Gasteiger partial charge in [0.05, 0.1) is 30.4 Å². The second kappa shape index (κ2) is 14.8. The maximum atomic E-state index is 12.4. The van der Waals surface area contributed by atoms with Gasteiger partial charge in [0.25, 0.3) is 20.1 Å². The average Bonchev–Trinajstić information content (AvgIpc) is 3.09. The first-order valence-electron chi connectivity index (χ1n) is 14.7. The number of benzene rings is 5. The molecule has 52 heavy (non-hydrogen) atoms. The Hall–Kier alpha value is -6.44. The van der Waals surface area contributed by atoms with Crippen molar-refractivity contribution < 1.29 is 50.7 Å². The van der Waals surface area contributed by atoms with E-state index in [4.69, 9.17) is 14.6 Å². The number of azo groups is 2. The number of sulfonamides is 1. The molecule has 0 saturated heterocycles. The molecule has 5 aromatic rings. The fourth-order valence-corrected chi connectivity index (χ4v) is 6.40. The maximum absolute atomic E-state index is 12.4. The highest BCUT2D eigenvalue weighted by atomic mass is 32.2. The number of ether oxygens (including phenoxy) is 2. The van der Waals surface area contributed by atoms with E-state index in [1.165, 1.54) is 74.9 Å². The van der Waals surface area contributed by atoms with Crippen LogP contribution in [0, 0.1) is 0 Å². The van der Waals surface area contributed by atoms with Gasteiger partial charge in [0.1, 0.15) is 33.5 Å². The lowest BCUT2D eigenvalue weighted by molar-refractivity contribution is -0.117. The third-order valence-electron chi connectivity index (χ3n) is 7.19. The molecule has 0 spiro atoms. The van der Waals surface area contributed by atoms with Crippen LogP contribution in [0.1, 0.15) is 17.3 Å². The van der Waals surface area contributed by atoms with Crippen molar-refractivity contribution in [2.75, 3.05) is 19.5 Å². The van der Waals surface area contributed by atoms with Crippen LogP contribution >= 0.6 is 0 Å². The van der Waals surface area contributed by atoms with E-state index in [0.29, 0.717) is 11.4 Å². The minimum atomic E-state index is -4.92. The molecule has 1 amide bonds. The van der Waals surface area contributed by atoms with Crippen molar-refractivity contribution in [2.45, 2.75) is 16.7 Å². The number of hydrogen-bond acceptors (Lipinski definition) is 14. The highest BCUT2D eigenvalue weighted by Crippen LogP contribution is 2.45. The topological polar surface area (TPSA) is 255 Å². The van der Waals surface area contributed by atoms with Gasteiger partial charge in [-0.3, -0.25) is 9.35 Å². The molecule has 0 aliphatic heterocycles. The number of fused-ring (bicyclic) bond motifs is 1. The fourth-order valence-electron chi connectivity index (χ4n) is 4.75. The molecule has 0 aromatic heterocycles. The quantitative estimate of drug-likeness (QED) is 0.0644. The zero-order valence-electron chi connectivity index (χ0n) is 27.3. The summed E-state index contributed by atoms with van der Waals surface area (Å²) in [6.07, 6.45) is 0. The Labute approximate surface area is 296 Å². The van der Waals surface area contributed by atoms with Crippen LogP contribution in [0.3, 0.4) is 0 Å². The van der Waals surface area contributed by atoms with E-state index < -0.39 is 48.4 Å². The Morgan fingerprint density at radius 1 is 0.731 bits per heavy atom. The predicted octanol–water partition coefficient (Wildman–Crippen LogP) is 6.91. The van der Waals surface area contributed by atoms with Crippen molar-refractivity contribution in [2.24, 2.45) is 20.5 Å². The Morgan fingerprint density at radius 2 is 1.31 bits per heavy atom. The summed E-state index contributed by atoms with van der Waals surface area (Å²) in [4.78, 5) is 21.5. The van der Waals surface area contributed by atoms with E-state index in [-0.39, 0.29) is 49.8 Å². The Kier molecular flexibility index (Phi) is 10.5. The molecule has 0 bridgehead atoms. The van der Waals surface area contributed by atoms with Crippen LogP contribution in [0.2, 0.25) is 0 Å². The number of methoxy groups -OCH3 is 2. The molecule has 0 fully saturated rings. The van der Waals surface area contributed by atoms with Crippen LogP contribution in [-0.4, -0.2) is 57.7 Å². The van der Waals surface area contributed by atoms with Crippen molar-refractivity contribution in [3.63, 3.8) is 0 Å². The number of nitrogens with one attached hydrogen (secondary N) is 2. The number of carboxylic acids is 1. The van der Waals surface area contributed by atoms with Crippen LogP contribution in [0.15, 0.2) is 115 Å². The minimum absolute atomic E-state index is 0.00633. The second-order valence-corrected chi connectivity index (χ2v) is 13.8. The third kappa shape index (κ3) is 8.29. The van der Waals surface area contributed by atoms with Gasteiger partial charge in [0.2, 0.25) is 5.91 Å². The summed E-state index contributed by atoms with van der Waals surface area (Å²) in [5.74, 6) is -2.26. The van der Waals surface area contributed by atoms with Gasteiger partial charge in [-0.2, -0.15) is 13.5 Å². The van der Waals surface area contributed by atoms with Crippen molar-refractivity contribution in [3.05, 3.63) is 90.5 Å². The van der Waals surface area contributed by atoms with E-state index in [9.17, 15) is 36.1 Å². The summed E-state index contributed by atoms with van der Waals surface area (Å²) in [5, 5.41) is 40.2. The lowest BCUT2D eigenvalue weighted by Crippen LogP contribution is -2.28. The Bertz CT molecular complexity index is 2490. The number of rotatable bonds is 12. The summed E-state index contributed by atoms with van der Waals surface area (Å²) < 4.78 is 71.9. The minimum Gasteiger partial charge on any atom is -0.505 e. The number of amides is 1. The number of carbonyl (C=O) groups excluding carboxylic acids is 1. The third-order valence-corrected chi connectivity index (χ3v) is 9.50. The highest BCUT2D eigenvalue weighted by molar-refractivity contribution is 7.90. The average molecular weight is 749 g/mol. The standard InChI is InChI=1S/C33H28N6O11S2/c1-18(40)39-51(44,45)24-12-10-22(11-13-24)35-36-26-16-29(50-3)27(17-28(26)49-2)37-38-31-30(52(46,47)48)14-20-6-9-23(15-25(20)32(31)41)34-21-7-4-19(5-8-21)33(42)43/h4-17,34,41H,1-3H3,(H,39,40)(H,42,43)(H,46,47,48). The number of carboxylic acid groups (broad SMARTS) is 1. The Balaban J connectivity index is 1.48. The first kappa shape index (κ1) is 36.8. The van der Waals surface area contributed by atoms with Crippen molar-refractivity contribution in [1.82, 2.24) is 4.72 Å². The molecule has 0 aliphatic carbocycles. The van der Waals surface area contributed by atoms with Crippen LogP contribution in [0.4, 0.5) is 34.1 Å². The van der Waals surface area contributed by atoms with E-state index in [2.05, 4.69) is 25.8 Å². The molecule has 0 saturated carbocycles. The number of anilines is 2. The number of aromatic carboxylic acids is 1. The first-order valence-corrected chi connectivity index (χ1v) is 17.6. The zero-order chi connectivity index (χ0) is 37.8. The molecule has 19 heteroatoms. The van der Waals surface area contributed by atoms with E-state index in [1.807, 2.05) is 4.72 Å². The van der Waals surface area contributed by atoms with Crippen LogP contribution in [0.25, 0.3) is 10.8 Å². The highest BCUT2D eigenvalue weighted by Gasteiger charge is 2.23. The van der Waals surface area contributed by atoms with Gasteiger partial charge in [0.15, 0.2) is 5.75 Å². The summed E-state index contributed by atoms with van der Waals surface area (Å²) in [6.45, 7) is 1.07. The maximum Gasteiger partial charge on any atom is 0.335 e. The van der Waals surface area contributed by atoms with Crippen molar-refractivity contribution in [3.8, 4) is 17.2 Å². The zero-order valence-corrected chi connectivity index (χ0v) is 28.9. The molecule has 5 rings (SSSR count). The van der Waals surface area contributed by atoms with Gasteiger partial charge in [0, 0.05) is 35.8 Å². The lowest BCUT2D eigenvalue weighted by Gasteiger charge is -2.12. The molecular weight excluding hydrogens is 721 g/mol. The van der Waals surface area contributed by atoms with Gasteiger partial charge < -0.3 is 25.0 Å². The molecule has 0 unspecified atom stereocenters. The molecule has 5 aromatic carbocycles. The van der Waals surface area contributed by atoms with E-state index in [1.54, 1.807) is 18.2 Å². The molecule has 0 heterocycles. The molecular formula is C33H28N6O11S2. The number of hydrogen-bond donors (Lipinski definition) is 5. The number of nitrogens with zero attached hydrogens (tertiary/aromatic N) is 4. The number of phenols is 1. The Morgan fingerprint density at radius 3 is 1.85 bits per heavy atom. The smallest absolute Gasteiger partial charge is 0.335 e. The molecule has 5 N–H and O–H groups in total. The number of aromatic hydroxyl groups is 1. The number of phenolic OH excluding ortho intramolecular Hbond substituents is 1. The van der Waals surface area contributed by atoms with Gasteiger partial charge in [-0.1, -0.05) is 6.07 Å². The molecule has 0 atom stereocenters. The molecule has 0 aliphatic rings. The summed E-state index contributed by atoms with van der Waals surface area (Å²) in [6, 6.07) is 19.6. The fraction of sp³-hybridized carbons (Fsp3) is 0.0909.